The molecule has 1 N–H and O–H groups in total. The summed E-state index contributed by atoms with van der Waals surface area (Å²) in [5, 5.41) is 10.4. The van der Waals surface area contributed by atoms with Crippen molar-refractivity contribution < 1.29 is 28.9 Å². The number of hydrogen-bond acceptors (Lipinski definition) is 6. The number of phenolic OH excluding ortho intramolecular Hbond substituents is 1. The fraction of sp³-hybridized carbons (Fsp3) is 0.667. The Morgan fingerprint density at radius 1 is 1.03 bits per heavy atom. The molecule has 0 aliphatic carbocycles. The Morgan fingerprint density at radius 2 is 1.60 bits per heavy atom. The van der Waals surface area contributed by atoms with E-state index in [0.717, 1.165) is 12.8 Å². The summed E-state index contributed by atoms with van der Waals surface area (Å²) in [6.45, 7) is 9.57. The van der Waals surface area contributed by atoms with Crippen LogP contribution >= 0.6 is 0 Å². The molecular formula is C24H38O6. The predicted octanol–water partition coefficient (Wildman–Crippen LogP) is 5.93. The maximum Gasteiger partial charge on any atom is 0.346 e. The molecular weight excluding hydrogens is 384 g/mol. The molecule has 0 saturated carbocycles. The lowest BCUT2D eigenvalue weighted by Gasteiger charge is -2.31. The maximum absolute atomic E-state index is 12.9. The van der Waals surface area contributed by atoms with E-state index in [2.05, 4.69) is 20.8 Å². The van der Waals surface area contributed by atoms with Gasteiger partial charge in [-0.2, -0.15) is 0 Å². The SMILES string of the molecule is CCCCCCCCC(C)(C)C(C)OC(=O)c1c(O)cc(C(C)=O)c(OC)c1OC. The summed E-state index contributed by atoms with van der Waals surface area (Å²) in [5.41, 5.74) is -0.214. The maximum atomic E-state index is 12.9. The highest BCUT2D eigenvalue weighted by Crippen LogP contribution is 2.41. The van der Waals surface area contributed by atoms with Gasteiger partial charge in [-0.25, -0.2) is 4.79 Å². The minimum absolute atomic E-state index is 0.00590. The number of benzene rings is 1. The number of rotatable bonds is 13. The summed E-state index contributed by atoms with van der Waals surface area (Å²) >= 11 is 0. The molecule has 0 heterocycles. The van der Waals surface area contributed by atoms with Crippen LogP contribution in [0.3, 0.4) is 0 Å². The monoisotopic (exact) mass is 422 g/mol. The number of ether oxygens (including phenoxy) is 3. The van der Waals surface area contributed by atoms with Gasteiger partial charge in [0.15, 0.2) is 17.3 Å². The van der Waals surface area contributed by atoms with E-state index in [0.29, 0.717) is 0 Å². The molecule has 0 amide bonds. The lowest BCUT2D eigenvalue weighted by Crippen LogP contribution is -2.31. The van der Waals surface area contributed by atoms with E-state index in [1.54, 1.807) is 0 Å². The molecule has 1 rings (SSSR count). The van der Waals surface area contributed by atoms with Crippen LogP contribution in [0.15, 0.2) is 6.07 Å². The van der Waals surface area contributed by atoms with E-state index in [-0.39, 0.29) is 45.7 Å². The van der Waals surface area contributed by atoms with Gasteiger partial charge in [-0.15, -0.1) is 0 Å². The number of unbranched alkanes of at least 4 members (excludes halogenated alkanes) is 5. The normalized spacial score (nSPS) is 12.4. The highest BCUT2D eigenvalue weighted by Gasteiger charge is 2.33. The third kappa shape index (κ3) is 6.64. The van der Waals surface area contributed by atoms with Crippen molar-refractivity contribution in [3.8, 4) is 17.2 Å². The molecule has 6 nitrogen and oxygen atoms in total. The van der Waals surface area contributed by atoms with Crippen molar-refractivity contribution in [1.82, 2.24) is 0 Å². The first-order valence-corrected chi connectivity index (χ1v) is 10.8. The largest absolute Gasteiger partial charge is 0.507 e. The van der Waals surface area contributed by atoms with Crippen LogP contribution in [0.4, 0.5) is 0 Å². The first-order chi connectivity index (χ1) is 14.1. The zero-order valence-electron chi connectivity index (χ0n) is 19.6. The number of phenols is 1. The summed E-state index contributed by atoms with van der Waals surface area (Å²) in [6.07, 6.45) is 7.80. The van der Waals surface area contributed by atoms with E-state index in [1.807, 2.05) is 6.92 Å². The van der Waals surface area contributed by atoms with Crippen LogP contribution < -0.4 is 9.47 Å². The van der Waals surface area contributed by atoms with Gasteiger partial charge in [0, 0.05) is 5.41 Å². The molecule has 0 spiro atoms. The average molecular weight is 423 g/mol. The number of carbonyl (C=O) groups excluding carboxylic acids is 2. The van der Waals surface area contributed by atoms with Crippen molar-refractivity contribution in [2.45, 2.75) is 85.7 Å². The number of aromatic hydroxyl groups is 1. The van der Waals surface area contributed by atoms with Crippen LogP contribution in [-0.4, -0.2) is 37.2 Å². The lowest BCUT2D eigenvalue weighted by molar-refractivity contribution is -0.00382. The number of ketones is 1. The summed E-state index contributed by atoms with van der Waals surface area (Å²) < 4.78 is 16.3. The third-order valence-corrected chi connectivity index (χ3v) is 5.77. The van der Waals surface area contributed by atoms with E-state index in [1.165, 1.54) is 59.3 Å². The second-order valence-corrected chi connectivity index (χ2v) is 8.49. The van der Waals surface area contributed by atoms with Crippen molar-refractivity contribution in [3.05, 3.63) is 17.2 Å². The Morgan fingerprint density at radius 3 is 2.13 bits per heavy atom. The quantitative estimate of drug-likeness (QED) is 0.241. The zero-order chi connectivity index (χ0) is 22.9. The van der Waals surface area contributed by atoms with Crippen LogP contribution in [0.1, 0.15) is 100 Å². The molecule has 170 valence electrons. The predicted molar refractivity (Wildman–Crippen MR) is 118 cm³/mol. The summed E-state index contributed by atoms with van der Waals surface area (Å²) in [7, 11) is 2.73. The first kappa shape index (κ1) is 25.8. The minimum atomic E-state index is -0.707. The van der Waals surface area contributed by atoms with Gasteiger partial charge < -0.3 is 19.3 Å². The second-order valence-electron chi connectivity index (χ2n) is 8.49. The van der Waals surface area contributed by atoms with Gasteiger partial charge >= 0.3 is 5.97 Å². The summed E-state index contributed by atoms with van der Waals surface area (Å²) in [5.74, 6) is -1.29. The number of carbonyl (C=O) groups is 2. The van der Waals surface area contributed by atoms with Crippen LogP contribution in [0.2, 0.25) is 0 Å². The molecule has 0 aromatic heterocycles. The highest BCUT2D eigenvalue weighted by atomic mass is 16.5. The van der Waals surface area contributed by atoms with Crippen molar-refractivity contribution in [1.29, 1.82) is 0 Å². The van der Waals surface area contributed by atoms with Gasteiger partial charge in [-0.1, -0.05) is 59.3 Å². The number of methoxy groups -OCH3 is 2. The van der Waals surface area contributed by atoms with Crippen molar-refractivity contribution in [2.24, 2.45) is 5.41 Å². The molecule has 0 saturated heterocycles. The molecule has 6 heteroatoms. The van der Waals surface area contributed by atoms with E-state index in [9.17, 15) is 14.7 Å². The third-order valence-electron chi connectivity index (χ3n) is 5.77. The molecule has 1 aromatic rings. The van der Waals surface area contributed by atoms with Gasteiger partial charge in [0.2, 0.25) is 0 Å². The smallest absolute Gasteiger partial charge is 0.346 e. The van der Waals surface area contributed by atoms with Crippen LogP contribution in [0, 0.1) is 5.41 Å². The molecule has 0 fully saturated rings. The highest BCUT2D eigenvalue weighted by molar-refractivity contribution is 6.03. The number of hydrogen-bond donors (Lipinski definition) is 1. The number of Topliss-reactive ketones (excluding diaryl/α,β-unsaturated/α-hetero) is 1. The molecule has 0 aliphatic rings. The van der Waals surface area contributed by atoms with E-state index in [4.69, 9.17) is 14.2 Å². The molecule has 1 unspecified atom stereocenters. The Hall–Kier alpha value is -2.24. The zero-order valence-corrected chi connectivity index (χ0v) is 19.6. The van der Waals surface area contributed by atoms with Gasteiger partial charge in [0.05, 0.1) is 19.8 Å². The van der Waals surface area contributed by atoms with Crippen molar-refractivity contribution in [2.75, 3.05) is 14.2 Å². The molecule has 0 radical (unpaired) electrons. The van der Waals surface area contributed by atoms with Gasteiger partial charge in [-0.3, -0.25) is 4.79 Å². The average Bonchev–Trinajstić information content (AvgIpc) is 2.69. The summed E-state index contributed by atoms with van der Waals surface area (Å²) in [6, 6.07) is 1.21. The Bertz CT molecular complexity index is 723. The molecule has 1 aromatic carbocycles. The Balaban J connectivity index is 2.94. The second kappa shape index (κ2) is 11.8. The fourth-order valence-corrected chi connectivity index (χ4v) is 3.43. The minimum Gasteiger partial charge on any atom is -0.507 e. The molecule has 30 heavy (non-hydrogen) atoms. The van der Waals surface area contributed by atoms with Gasteiger partial charge in [-0.05, 0) is 26.3 Å². The van der Waals surface area contributed by atoms with E-state index >= 15 is 0 Å². The standard InChI is InChI=1S/C24H38O6/c1-8-9-10-11-12-13-14-24(4,5)17(3)30-23(27)20-19(26)15-18(16(2)25)21(28-6)22(20)29-7/h15,17,26H,8-14H2,1-7H3. The molecule has 0 bridgehead atoms. The Labute approximate surface area is 180 Å². The van der Waals surface area contributed by atoms with Crippen LogP contribution in [0.25, 0.3) is 0 Å². The van der Waals surface area contributed by atoms with Crippen molar-refractivity contribution >= 4 is 11.8 Å². The molecule has 0 aliphatic heterocycles. The Kier molecular flexibility index (Phi) is 10.2. The van der Waals surface area contributed by atoms with Crippen molar-refractivity contribution in [3.63, 3.8) is 0 Å². The fourth-order valence-electron chi connectivity index (χ4n) is 3.43. The topological polar surface area (TPSA) is 82.1 Å². The number of esters is 1. The van der Waals surface area contributed by atoms with Gasteiger partial charge in [0.25, 0.3) is 0 Å². The van der Waals surface area contributed by atoms with Crippen LogP contribution in [0.5, 0.6) is 17.2 Å². The molecule has 1 atom stereocenters. The van der Waals surface area contributed by atoms with Crippen LogP contribution in [-0.2, 0) is 4.74 Å². The lowest BCUT2D eigenvalue weighted by atomic mass is 9.82. The van der Waals surface area contributed by atoms with E-state index < -0.39 is 5.97 Å². The summed E-state index contributed by atoms with van der Waals surface area (Å²) in [4.78, 5) is 24.8. The van der Waals surface area contributed by atoms with Gasteiger partial charge in [0.1, 0.15) is 17.4 Å². The first-order valence-electron chi connectivity index (χ1n) is 10.8.